The monoisotopic (exact) mass is 407 g/mol. The third kappa shape index (κ3) is 3.37. The molecule has 1 N–H and O–H groups in total. The summed E-state index contributed by atoms with van der Waals surface area (Å²) >= 11 is 9.83. The van der Waals surface area contributed by atoms with Gasteiger partial charge < -0.3 is 5.32 Å². The van der Waals surface area contributed by atoms with Crippen molar-refractivity contribution in [1.29, 1.82) is 0 Å². The number of benzene rings is 1. The number of hydrogen-bond donors (Lipinski definition) is 1. The van der Waals surface area contributed by atoms with Crippen molar-refractivity contribution in [2.45, 2.75) is 26.3 Å². The van der Waals surface area contributed by atoms with Crippen LogP contribution in [0.3, 0.4) is 0 Å². The summed E-state index contributed by atoms with van der Waals surface area (Å²) in [7, 11) is 0. The predicted octanol–water partition coefficient (Wildman–Crippen LogP) is 6.06. The van der Waals surface area contributed by atoms with Crippen LogP contribution in [0, 0.1) is 12.7 Å². The molecule has 124 valence electrons. The van der Waals surface area contributed by atoms with Crippen molar-refractivity contribution >= 4 is 44.1 Å². The van der Waals surface area contributed by atoms with E-state index in [-0.39, 0.29) is 11.9 Å². The molecule has 0 aliphatic rings. The molecule has 0 aliphatic carbocycles. The number of halogens is 3. The van der Waals surface area contributed by atoms with Crippen LogP contribution in [-0.2, 0) is 0 Å². The average Bonchev–Trinajstić information content (AvgIpc) is 2.57. The Balaban J connectivity index is 2.08. The molecule has 1 atom stereocenters. The van der Waals surface area contributed by atoms with Crippen LogP contribution in [0.5, 0.6) is 0 Å². The van der Waals surface area contributed by atoms with Gasteiger partial charge in [0.1, 0.15) is 5.82 Å². The summed E-state index contributed by atoms with van der Waals surface area (Å²) in [5.74, 6) is -0.324. The molecule has 0 saturated heterocycles. The average molecular weight is 409 g/mol. The van der Waals surface area contributed by atoms with E-state index in [9.17, 15) is 4.39 Å². The van der Waals surface area contributed by atoms with E-state index in [0.717, 1.165) is 26.8 Å². The summed E-state index contributed by atoms with van der Waals surface area (Å²) in [5.41, 5.74) is 2.73. The lowest BCUT2D eigenvalue weighted by Gasteiger charge is -2.21. The van der Waals surface area contributed by atoms with E-state index < -0.39 is 0 Å². The summed E-state index contributed by atoms with van der Waals surface area (Å²) in [6, 6.07) is 8.61. The minimum Gasteiger partial charge on any atom is -0.375 e. The Morgan fingerprint density at radius 1 is 1.29 bits per heavy atom. The minimum atomic E-state index is -0.324. The number of nitrogens with one attached hydrogen (secondary N) is 1. The van der Waals surface area contributed by atoms with Crippen LogP contribution in [0.15, 0.2) is 41.0 Å². The highest BCUT2D eigenvalue weighted by molar-refractivity contribution is 9.10. The lowest BCUT2D eigenvalue weighted by atomic mass is 10.1. The van der Waals surface area contributed by atoms with Gasteiger partial charge in [0.15, 0.2) is 0 Å². The van der Waals surface area contributed by atoms with Crippen LogP contribution in [0.4, 0.5) is 10.1 Å². The summed E-state index contributed by atoms with van der Waals surface area (Å²) in [4.78, 5) is 8.70. The highest BCUT2D eigenvalue weighted by Crippen LogP contribution is 2.35. The third-order valence-electron chi connectivity index (χ3n) is 3.85. The van der Waals surface area contributed by atoms with Gasteiger partial charge >= 0.3 is 0 Å². The first kappa shape index (κ1) is 17.1. The fourth-order valence-corrected chi connectivity index (χ4v) is 3.20. The summed E-state index contributed by atoms with van der Waals surface area (Å²) in [6.07, 6.45) is 2.27. The molecule has 3 rings (SSSR count). The predicted molar refractivity (Wildman–Crippen MR) is 100 cm³/mol. The smallest absolute Gasteiger partial charge is 0.146 e. The Hall–Kier alpha value is -1.72. The molecule has 1 unspecified atom stereocenters. The van der Waals surface area contributed by atoms with Crippen molar-refractivity contribution in [2.75, 3.05) is 5.32 Å². The quantitative estimate of drug-likeness (QED) is 0.570. The number of pyridine rings is 2. The maximum atomic E-state index is 14.2. The molecule has 2 heterocycles. The van der Waals surface area contributed by atoms with E-state index in [0.29, 0.717) is 17.1 Å². The third-order valence-corrected chi connectivity index (χ3v) is 4.63. The Labute approximate surface area is 153 Å². The number of aryl methyl sites for hydroxylation is 1. The molecule has 0 spiro atoms. The fourth-order valence-electron chi connectivity index (χ4n) is 2.63. The number of nitrogens with zero attached hydrogens (tertiary/aromatic N) is 2. The lowest BCUT2D eigenvalue weighted by molar-refractivity contribution is 0.570. The molecule has 0 bridgehead atoms. The van der Waals surface area contributed by atoms with Crippen LogP contribution < -0.4 is 5.32 Å². The van der Waals surface area contributed by atoms with E-state index in [1.807, 2.05) is 32.0 Å². The summed E-state index contributed by atoms with van der Waals surface area (Å²) < 4.78 is 15.2. The second-order valence-electron chi connectivity index (χ2n) is 5.57. The molecule has 0 aliphatic heterocycles. The van der Waals surface area contributed by atoms with Gasteiger partial charge in [-0.05, 0) is 43.7 Å². The fraction of sp³-hybridized carbons (Fsp3) is 0.222. The zero-order valence-corrected chi connectivity index (χ0v) is 15.6. The summed E-state index contributed by atoms with van der Waals surface area (Å²) in [5, 5.41) is 4.73. The van der Waals surface area contributed by atoms with Gasteiger partial charge in [-0.15, -0.1) is 0 Å². The van der Waals surface area contributed by atoms with Crippen molar-refractivity contribution in [3.05, 3.63) is 63.2 Å². The van der Waals surface area contributed by atoms with Crippen LogP contribution in [0.2, 0.25) is 5.02 Å². The topological polar surface area (TPSA) is 37.8 Å². The number of fused-ring (bicyclic) bond motifs is 1. The Kier molecular flexibility index (Phi) is 5.01. The molecule has 1 aromatic carbocycles. The van der Waals surface area contributed by atoms with Gasteiger partial charge in [-0.2, -0.15) is 0 Å². The maximum Gasteiger partial charge on any atom is 0.146 e. The van der Waals surface area contributed by atoms with Crippen molar-refractivity contribution in [3.8, 4) is 0 Å². The van der Waals surface area contributed by atoms with Gasteiger partial charge in [-0.1, -0.05) is 34.5 Å². The number of hydrogen-bond acceptors (Lipinski definition) is 3. The molecule has 0 saturated carbocycles. The molecular formula is C18H16BrClFN3. The molecule has 3 aromatic rings. The molecule has 3 nitrogen and oxygen atoms in total. The van der Waals surface area contributed by atoms with Crippen molar-refractivity contribution < 1.29 is 4.39 Å². The van der Waals surface area contributed by atoms with E-state index in [1.54, 1.807) is 12.3 Å². The zero-order chi connectivity index (χ0) is 17.3. The van der Waals surface area contributed by atoms with Gasteiger partial charge in [0.2, 0.25) is 0 Å². The highest BCUT2D eigenvalue weighted by atomic mass is 79.9. The number of rotatable bonds is 4. The van der Waals surface area contributed by atoms with Crippen LogP contribution in [0.25, 0.3) is 10.9 Å². The van der Waals surface area contributed by atoms with Gasteiger partial charge in [-0.25, -0.2) is 4.39 Å². The number of anilines is 1. The van der Waals surface area contributed by atoms with Crippen LogP contribution in [0.1, 0.15) is 30.8 Å². The maximum absolute atomic E-state index is 14.2. The first-order valence-corrected chi connectivity index (χ1v) is 8.80. The van der Waals surface area contributed by atoms with Crippen molar-refractivity contribution in [1.82, 2.24) is 9.97 Å². The zero-order valence-electron chi connectivity index (χ0n) is 13.3. The Morgan fingerprint density at radius 3 is 2.83 bits per heavy atom. The molecule has 6 heteroatoms. The molecule has 0 fully saturated rings. The van der Waals surface area contributed by atoms with Gasteiger partial charge in [0.25, 0.3) is 0 Å². The van der Waals surface area contributed by atoms with Gasteiger partial charge in [0, 0.05) is 21.7 Å². The molecule has 0 radical (unpaired) electrons. The second-order valence-corrected chi connectivity index (χ2v) is 6.89. The van der Waals surface area contributed by atoms with Gasteiger partial charge in [0.05, 0.1) is 28.0 Å². The SMILES string of the molecule is CCC(Nc1c(Cl)cnc2ccc(Br)cc12)c1nc(C)ccc1F. The Bertz CT molecular complexity index is 896. The van der Waals surface area contributed by atoms with Crippen molar-refractivity contribution in [3.63, 3.8) is 0 Å². The first-order chi connectivity index (χ1) is 11.5. The summed E-state index contributed by atoms with van der Waals surface area (Å²) in [6.45, 7) is 3.83. The molecular weight excluding hydrogens is 393 g/mol. The van der Waals surface area contributed by atoms with Crippen LogP contribution in [-0.4, -0.2) is 9.97 Å². The van der Waals surface area contributed by atoms with E-state index in [1.165, 1.54) is 6.07 Å². The second kappa shape index (κ2) is 7.03. The van der Waals surface area contributed by atoms with E-state index in [2.05, 4.69) is 31.2 Å². The largest absolute Gasteiger partial charge is 0.375 e. The van der Waals surface area contributed by atoms with E-state index >= 15 is 0 Å². The normalized spacial score (nSPS) is 12.4. The molecule has 24 heavy (non-hydrogen) atoms. The number of aromatic nitrogens is 2. The Morgan fingerprint density at radius 2 is 2.08 bits per heavy atom. The minimum absolute atomic E-state index is 0.285. The lowest BCUT2D eigenvalue weighted by Crippen LogP contribution is -2.14. The standard InChI is InChI=1S/C18H16BrClFN3/c1-3-15(18-14(21)6-4-10(2)23-18)24-17-12-8-11(19)5-7-16(12)22-9-13(17)20/h4-9,15H,3H2,1-2H3,(H,22,24). The van der Waals surface area contributed by atoms with Gasteiger partial charge in [-0.3, -0.25) is 9.97 Å². The molecule has 0 amide bonds. The highest BCUT2D eigenvalue weighted by Gasteiger charge is 2.19. The van der Waals surface area contributed by atoms with E-state index in [4.69, 9.17) is 11.6 Å². The molecule has 2 aromatic heterocycles. The van der Waals surface area contributed by atoms with Crippen molar-refractivity contribution in [2.24, 2.45) is 0 Å². The van der Waals surface area contributed by atoms with Crippen LogP contribution >= 0.6 is 27.5 Å². The first-order valence-electron chi connectivity index (χ1n) is 7.63.